The Morgan fingerprint density at radius 1 is 1.14 bits per heavy atom. The summed E-state index contributed by atoms with van der Waals surface area (Å²) < 4.78 is 38.8. The second-order valence-corrected chi connectivity index (χ2v) is 5.94. The fourth-order valence-corrected chi connectivity index (χ4v) is 2.49. The normalized spacial score (nSPS) is 11.3. The highest BCUT2D eigenvalue weighted by Gasteiger charge is 2.30. The first kappa shape index (κ1) is 19.3. The molecule has 0 saturated heterocycles. The van der Waals surface area contributed by atoms with E-state index in [0.717, 1.165) is 12.1 Å². The Bertz CT molecular complexity index is 970. The third-order valence-electron chi connectivity index (χ3n) is 3.78. The van der Waals surface area contributed by atoms with E-state index in [2.05, 4.69) is 26.0 Å². The van der Waals surface area contributed by atoms with Gasteiger partial charge in [0.15, 0.2) is 0 Å². The van der Waals surface area contributed by atoms with E-state index in [1.54, 1.807) is 30.3 Å². The van der Waals surface area contributed by atoms with Crippen molar-refractivity contribution in [2.24, 2.45) is 0 Å². The highest BCUT2D eigenvalue weighted by atomic mass is 19.4. The molecule has 0 fully saturated rings. The van der Waals surface area contributed by atoms with E-state index < -0.39 is 11.7 Å². The minimum atomic E-state index is -4.42. The van der Waals surface area contributed by atoms with Crippen LogP contribution in [0.15, 0.2) is 48.5 Å². The van der Waals surface area contributed by atoms with Crippen LogP contribution < -0.4 is 10.6 Å². The van der Waals surface area contributed by atoms with Crippen LogP contribution in [0, 0.1) is 0 Å². The summed E-state index contributed by atoms with van der Waals surface area (Å²) in [5, 5.41) is 17.8. The summed E-state index contributed by atoms with van der Waals surface area (Å²) in [6.07, 6.45) is -4.42. The maximum atomic E-state index is 12.9. The Labute approximate surface area is 158 Å². The number of hydrogen-bond donors (Lipinski definition) is 2. The second kappa shape index (κ2) is 8.07. The summed E-state index contributed by atoms with van der Waals surface area (Å²) >= 11 is 0. The molecule has 1 aromatic heterocycles. The Balaban J connectivity index is 1.81. The van der Waals surface area contributed by atoms with Gasteiger partial charge in [-0.3, -0.25) is 4.79 Å². The number of nitrogens with one attached hydrogen (secondary N) is 2. The molecule has 3 aromatic rings. The number of amides is 1. The zero-order valence-electron chi connectivity index (χ0n) is 14.9. The Hall–Kier alpha value is -3.43. The van der Waals surface area contributed by atoms with Crippen LogP contribution in [-0.4, -0.2) is 32.7 Å². The molecule has 2 N–H and O–H groups in total. The zero-order chi connectivity index (χ0) is 20.1. The van der Waals surface area contributed by atoms with E-state index in [-0.39, 0.29) is 5.91 Å². The minimum Gasteiger partial charge on any atom is -0.355 e. The molecule has 0 radical (unpaired) electrons. The van der Waals surface area contributed by atoms with Crippen LogP contribution >= 0.6 is 0 Å². The molecule has 1 heterocycles. The number of rotatable bonds is 6. The van der Waals surface area contributed by atoms with E-state index in [9.17, 15) is 18.0 Å². The minimum absolute atomic E-state index is 0.157. The number of nitrogens with zero attached hydrogens (tertiary/aromatic N) is 4. The lowest BCUT2D eigenvalue weighted by atomic mass is 10.1. The van der Waals surface area contributed by atoms with Gasteiger partial charge in [0.25, 0.3) is 0 Å². The molecule has 0 unspecified atom stereocenters. The number of tetrazole rings is 1. The number of carbonyl (C=O) groups excluding carboxylic acids is 1. The molecule has 7 nitrogen and oxygen atoms in total. The molecule has 0 aliphatic rings. The topological polar surface area (TPSA) is 84.7 Å². The smallest absolute Gasteiger partial charge is 0.355 e. The van der Waals surface area contributed by atoms with Gasteiger partial charge in [0.05, 0.1) is 12.1 Å². The van der Waals surface area contributed by atoms with Crippen molar-refractivity contribution in [1.29, 1.82) is 0 Å². The van der Waals surface area contributed by atoms with Crippen molar-refractivity contribution in [3.05, 3.63) is 54.1 Å². The largest absolute Gasteiger partial charge is 0.416 e. The zero-order valence-corrected chi connectivity index (χ0v) is 14.9. The van der Waals surface area contributed by atoms with Crippen LogP contribution in [0.3, 0.4) is 0 Å². The van der Waals surface area contributed by atoms with Crippen molar-refractivity contribution in [3.63, 3.8) is 0 Å². The van der Waals surface area contributed by atoms with Crippen LogP contribution in [0.4, 0.5) is 24.5 Å². The number of halogens is 3. The lowest BCUT2D eigenvalue weighted by molar-refractivity contribution is -0.137. The van der Waals surface area contributed by atoms with E-state index in [1.807, 2.05) is 0 Å². The fourth-order valence-electron chi connectivity index (χ4n) is 2.49. The van der Waals surface area contributed by atoms with Crippen LogP contribution in [-0.2, 0) is 17.5 Å². The van der Waals surface area contributed by atoms with Gasteiger partial charge < -0.3 is 10.6 Å². The third kappa shape index (κ3) is 4.84. The first-order valence-electron chi connectivity index (χ1n) is 8.39. The Morgan fingerprint density at radius 2 is 1.93 bits per heavy atom. The van der Waals surface area contributed by atoms with Crippen LogP contribution in [0.5, 0.6) is 0 Å². The first-order chi connectivity index (χ1) is 13.3. The van der Waals surface area contributed by atoms with Gasteiger partial charge in [-0.1, -0.05) is 18.2 Å². The number of benzene rings is 2. The summed E-state index contributed by atoms with van der Waals surface area (Å²) in [7, 11) is 0. The quantitative estimate of drug-likeness (QED) is 0.675. The number of hydrogen-bond acceptors (Lipinski definition) is 5. The molecule has 3 rings (SSSR count). The Morgan fingerprint density at radius 3 is 2.68 bits per heavy atom. The summed E-state index contributed by atoms with van der Waals surface area (Å²) in [6, 6.07) is 11.9. The molecule has 0 spiro atoms. The van der Waals surface area contributed by atoms with E-state index in [1.165, 1.54) is 17.8 Å². The predicted octanol–water partition coefficient (Wildman–Crippen LogP) is 3.24. The molecule has 146 valence electrons. The molecule has 0 aliphatic carbocycles. The lowest BCUT2D eigenvalue weighted by Gasteiger charge is -2.12. The highest BCUT2D eigenvalue weighted by molar-refractivity contribution is 5.77. The molecule has 28 heavy (non-hydrogen) atoms. The molecular formula is C18H17F3N6O. The molecule has 0 bridgehead atoms. The van der Waals surface area contributed by atoms with Crippen molar-refractivity contribution in [2.75, 3.05) is 11.9 Å². The van der Waals surface area contributed by atoms with Gasteiger partial charge in [-0.15, -0.1) is 10.2 Å². The molecule has 10 heteroatoms. The number of aromatic nitrogens is 4. The van der Waals surface area contributed by atoms with Gasteiger partial charge in [0.1, 0.15) is 0 Å². The molecule has 1 amide bonds. The standard InChI is InChI=1S/C18H17F3N6O/c1-12(28)22-9-10-27-25-17(24-26-27)15-7-2-3-8-16(15)23-14-6-4-5-13(11-14)18(19,20)21/h2-8,11,23H,9-10H2,1H3,(H,22,28). The van der Waals surface area contributed by atoms with Crippen molar-refractivity contribution in [3.8, 4) is 11.4 Å². The number of alkyl halides is 3. The summed E-state index contributed by atoms with van der Waals surface area (Å²) in [5.41, 5.74) is 0.686. The van der Waals surface area contributed by atoms with Gasteiger partial charge in [0, 0.05) is 30.4 Å². The Kier molecular flexibility index (Phi) is 5.57. The number of anilines is 2. The van der Waals surface area contributed by atoms with Gasteiger partial charge >= 0.3 is 6.18 Å². The summed E-state index contributed by atoms with van der Waals surface area (Å²) in [5.74, 6) is 0.161. The highest BCUT2D eigenvalue weighted by Crippen LogP contribution is 2.33. The van der Waals surface area contributed by atoms with E-state index >= 15 is 0 Å². The van der Waals surface area contributed by atoms with Crippen molar-refractivity contribution >= 4 is 17.3 Å². The van der Waals surface area contributed by atoms with E-state index in [0.29, 0.717) is 35.9 Å². The van der Waals surface area contributed by atoms with Crippen LogP contribution in [0.2, 0.25) is 0 Å². The third-order valence-corrected chi connectivity index (χ3v) is 3.78. The number of para-hydroxylation sites is 1. The SMILES string of the molecule is CC(=O)NCCn1nnc(-c2ccccc2Nc2cccc(C(F)(F)F)c2)n1. The lowest BCUT2D eigenvalue weighted by Crippen LogP contribution is -2.25. The van der Waals surface area contributed by atoms with Crippen molar-refractivity contribution in [2.45, 2.75) is 19.6 Å². The molecule has 2 aromatic carbocycles. The van der Waals surface area contributed by atoms with Gasteiger partial charge in [-0.05, 0) is 35.5 Å². The number of carbonyl (C=O) groups is 1. The van der Waals surface area contributed by atoms with Gasteiger partial charge in [-0.2, -0.15) is 18.0 Å². The first-order valence-corrected chi connectivity index (χ1v) is 8.39. The van der Waals surface area contributed by atoms with Crippen LogP contribution in [0.1, 0.15) is 12.5 Å². The van der Waals surface area contributed by atoms with E-state index in [4.69, 9.17) is 0 Å². The monoisotopic (exact) mass is 390 g/mol. The maximum Gasteiger partial charge on any atom is 0.416 e. The van der Waals surface area contributed by atoms with Crippen molar-refractivity contribution < 1.29 is 18.0 Å². The van der Waals surface area contributed by atoms with Crippen LogP contribution in [0.25, 0.3) is 11.4 Å². The van der Waals surface area contributed by atoms with Gasteiger partial charge in [0.2, 0.25) is 11.7 Å². The average molecular weight is 390 g/mol. The summed E-state index contributed by atoms with van der Waals surface area (Å²) in [6.45, 7) is 2.11. The molecule has 0 atom stereocenters. The summed E-state index contributed by atoms with van der Waals surface area (Å²) in [4.78, 5) is 12.2. The second-order valence-electron chi connectivity index (χ2n) is 5.94. The average Bonchev–Trinajstić information content (AvgIpc) is 3.10. The maximum absolute atomic E-state index is 12.9. The fraction of sp³-hybridized carbons (Fsp3) is 0.222. The van der Waals surface area contributed by atoms with Crippen molar-refractivity contribution in [1.82, 2.24) is 25.5 Å². The van der Waals surface area contributed by atoms with Gasteiger partial charge in [-0.25, -0.2) is 0 Å². The predicted molar refractivity (Wildman–Crippen MR) is 96.7 cm³/mol. The molecular weight excluding hydrogens is 373 g/mol. The molecule has 0 aliphatic heterocycles. The molecule has 0 saturated carbocycles.